The predicted octanol–water partition coefficient (Wildman–Crippen LogP) is 0.301. The van der Waals surface area contributed by atoms with Gasteiger partial charge in [0, 0.05) is 30.9 Å². The van der Waals surface area contributed by atoms with E-state index in [1.54, 1.807) is 15.9 Å². The van der Waals surface area contributed by atoms with Crippen LogP contribution in [0.1, 0.15) is 12.5 Å². The maximum atomic E-state index is 13.2. The molecule has 4 aliphatic rings. The van der Waals surface area contributed by atoms with E-state index in [4.69, 9.17) is 20.9 Å². The van der Waals surface area contributed by atoms with E-state index in [-0.39, 0.29) is 46.9 Å². The zero-order valence-corrected chi connectivity index (χ0v) is 18.7. The van der Waals surface area contributed by atoms with E-state index in [0.29, 0.717) is 6.54 Å². The number of carbonyl (C=O) groups excluding carboxylic acids is 4. The number of hydrogen-bond acceptors (Lipinski definition) is 8. The standard InChI is InChI=1S/C24H24N4O6/c1-12-18(25)21(31)17-14(11-34-23(26)32)24(33-2)22-15(10-27(24)19(17)20(12)30)28(22)16(29)9-8-13-6-4-3-5-7-13/h3-9,14-15,22H,10-11,25H2,1-2H3,(H2,26,32)/b9-8+/t14-,15+,22+,24-,28?/m1/s1. The molecule has 4 N–H and O–H groups in total. The zero-order chi connectivity index (χ0) is 24.4. The van der Waals surface area contributed by atoms with Gasteiger partial charge in [-0.1, -0.05) is 30.3 Å². The van der Waals surface area contributed by atoms with Crippen molar-refractivity contribution in [2.75, 3.05) is 20.3 Å². The first-order valence-corrected chi connectivity index (χ1v) is 10.8. The number of ketones is 2. The molecule has 0 unspecified atom stereocenters. The first kappa shape index (κ1) is 21.9. The number of ether oxygens (including phenoxy) is 2. The molecule has 2 saturated heterocycles. The lowest BCUT2D eigenvalue weighted by atomic mass is 9.82. The molecule has 0 saturated carbocycles. The molecule has 5 rings (SSSR count). The van der Waals surface area contributed by atoms with Crippen LogP contribution in [-0.2, 0) is 23.9 Å². The maximum absolute atomic E-state index is 13.2. The monoisotopic (exact) mass is 464 g/mol. The van der Waals surface area contributed by atoms with Gasteiger partial charge in [-0.05, 0) is 18.6 Å². The van der Waals surface area contributed by atoms with Crippen molar-refractivity contribution in [3.63, 3.8) is 0 Å². The average Bonchev–Trinajstić information content (AvgIpc) is 3.34. The molecule has 2 amide bonds. The van der Waals surface area contributed by atoms with E-state index in [0.717, 1.165) is 5.56 Å². The summed E-state index contributed by atoms with van der Waals surface area (Å²) in [6, 6.07) is 8.72. The molecule has 0 bridgehead atoms. The molecule has 1 aromatic carbocycles. The normalized spacial score (nSPS) is 29.5. The topological polar surface area (TPSA) is 145 Å². The fraction of sp³-hybridized carbons (Fsp3) is 0.333. The van der Waals surface area contributed by atoms with Crippen molar-refractivity contribution >= 4 is 29.6 Å². The fourth-order valence-corrected chi connectivity index (χ4v) is 5.60. The number of Topliss-reactive ketones (excluding diaryl/α,β-unsaturated/α-hetero) is 2. The van der Waals surface area contributed by atoms with Crippen LogP contribution in [-0.4, -0.2) is 71.4 Å². The summed E-state index contributed by atoms with van der Waals surface area (Å²) in [4.78, 5) is 54.2. The van der Waals surface area contributed by atoms with Crippen LogP contribution in [0, 0.1) is 5.92 Å². The lowest BCUT2D eigenvalue weighted by Gasteiger charge is -2.40. The van der Waals surface area contributed by atoms with Crippen LogP contribution >= 0.6 is 0 Å². The van der Waals surface area contributed by atoms with Gasteiger partial charge in [-0.25, -0.2) is 4.79 Å². The minimum atomic E-state index is -1.27. The van der Waals surface area contributed by atoms with Crippen LogP contribution in [0.15, 0.2) is 58.9 Å². The van der Waals surface area contributed by atoms with Crippen LogP contribution in [0.5, 0.6) is 0 Å². The SMILES string of the molecule is CO[C@@]12[C@H](COC(N)=O)C3=C(C(=O)C(C)=C(N)C3=O)N1C[C@H]1[C@@H]2N1C(=O)/C=C/c1ccccc1. The molecule has 4 atom stereocenters. The van der Waals surface area contributed by atoms with Crippen LogP contribution in [0.3, 0.4) is 0 Å². The number of benzene rings is 1. The molecule has 34 heavy (non-hydrogen) atoms. The van der Waals surface area contributed by atoms with Crippen molar-refractivity contribution in [3.05, 3.63) is 64.5 Å². The van der Waals surface area contributed by atoms with Gasteiger partial charge in [0.05, 0.1) is 23.4 Å². The third kappa shape index (κ3) is 2.84. The number of rotatable bonds is 5. The number of methoxy groups -OCH3 is 1. The van der Waals surface area contributed by atoms with E-state index in [1.165, 1.54) is 20.1 Å². The smallest absolute Gasteiger partial charge is 0.404 e. The van der Waals surface area contributed by atoms with Crippen molar-refractivity contribution in [2.45, 2.75) is 24.7 Å². The van der Waals surface area contributed by atoms with Crippen LogP contribution in [0.25, 0.3) is 6.08 Å². The van der Waals surface area contributed by atoms with Gasteiger partial charge in [-0.3, -0.25) is 14.4 Å². The second kappa shape index (κ2) is 7.56. The van der Waals surface area contributed by atoms with Crippen LogP contribution in [0.2, 0.25) is 0 Å². The average molecular weight is 464 g/mol. The van der Waals surface area contributed by atoms with E-state index < -0.39 is 29.6 Å². The Morgan fingerprint density at radius 1 is 1.21 bits per heavy atom. The Kier molecular flexibility index (Phi) is 4.87. The van der Waals surface area contributed by atoms with E-state index in [2.05, 4.69) is 0 Å². The lowest BCUT2D eigenvalue weighted by Crippen LogP contribution is -2.56. The number of primary amides is 1. The summed E-state index contributed by atoms with van der Waals surface area (Å²) in [5.41, 5.74) is 11.1. The van der Waals surface area contributed by atoms with E-state index >= 15 is 0 Å². The minimum Gasteiger partial charge on any atom is -0.449 e. The Labute approximate surface area is 195 Å². The molecule has 0 radical (unpaired) electrons. The largest absolute Gasteiger partial charge is 0.449 e. The Bertz CT molecular complexity index is 1220. The number of nitrogens with two attached hydrogens (primary N) is 2. The quantitative estimate of drug-likeness (QED) is 0.360. The van der Waals surface area contributed by atoms with Gasteiger partial charge in [0.1, 0.15) is 12.6 Å². The number of carbonyl (C=O) groups is 4. The van der Waals surface area contributed by atoms with Crippen molar-refractivity contribution in [2.24, 2.45) is 17.4 Å². The third-order valence-corrected chi connectivity index (χ3v) is 7.16. The molecule has 3 heterocycles. The number of fused-ring (bicyclic) bond motifs is 4. The van der Waals surface area contributed by atoms with Gasteiger partial charge in [0.15, 0.2) is 5.72 Å². The molecule has 1 aliphatic carbocycles. The molecule has 176 valence electrons. The first-order valence-electron chi connectivity index (χ1n) is 10.8. The molecule has 2 fully saturated rings. The fourth-order valence-electron chi connectivity index (χ4n) is 5.60. The summed E-state index contributed by atoms with van der Waals surface area (Å²) in [7, 11) is 1.45. The Morgan fingerprint density at radius 3 is 2.56 bits per heavy atom. The zero-order valence-electron chi connectivity index (χ0n) is 18.7. The van der Waals surface area contributed by atoms with Crippen LogP contribution in [0.4, 0.5) is 4.79 Å². The van der Waals surface area contributed by atoms with Gasteiger partial charge in [-0.2, -0.15) is 0 Å². The Balaban J connectivity index is 1.50. The maximum Gasteiger partial charge on any atom is 0.404 e. The van der Waals surface area contributed by atoms with Crippen LogP contribution < -0.4 is 11.5 Å². The van der Waals surface area contributed by atoms with Gasteiger partial charge in [0.2, 0.25) is 17.5 Å². The van der Waals surface area contributed by atoms with Gasteiger partial charge in [0.25, 0.3) is 0 Å². The highest BCUT2D eigenvalue weighted by Gasteiger charge is 2.77. The Morgan fingerprint density at radius 2 is 1.91 bits per heavy atom. The van der Waals surface area contributed by atoms with E-state index in [9.17, 15) is 19.2 Å². The highest BCUT2D eigenvalue weighted by Crippen LogP contribution is 2.59. The molecule has 0 spiro atoms. The van der Waals surface area contributed by atoms with Crippen molar-refractivity contribution in [1.29, 1.82) is 0 Å². The summed E-state index contributed by atoms with van der Waals surface area (Å²) in [6.07, 6.45) is 2.18. The van der Waals surface area contributed by atoms with Crippen molar-refractivity contribution in [1.82, 2.24) is 9.80 Å². The highest BCUT2D eigenvalue weighted by molar-refractivity contribution is 6.25. The molecule has 0 aromatic heterocycles. The predicted molar refractivity (Wildman–Crippen MR) is 119 cm³/mol. The molecule has 1 aromatic rings. The third-order valence-electron chi connectivity index (χ3n) is 7.16. The Hall–Kier alpha value is -3.92. The molecule has 10 nitrogen and oxygen atoms in total. The number of piperazine rings is 1. The van der Waals surface area contributed by atoms with E-state index in [1.807, 2.05) is 30.3 Å². The van der Waals surface area contributed by atoms with Gasteiger partial charge < -0.3 is 30.7 Å². The highest BCUT2D eigenvalue weighted by atomic mass is 16.6. The molecule has 3 aliphatic heterocycles. The number of allylic oxidation sites excluding steroid dienone is 2. The number of nitrogens with zero attached hydrogens (tertiary/aromatic N) is 2. The molecule has 10 heteroatoms. The van der Waals surface area contributed by atoms with Gasteiger partial charge in [-0.15, -0.1) is 0 Å². The van der Waals surface area contributed by atoms with Gasteiger partial charge >= 0.3 is 6.09 Å². The summed E-state index contributed by atoms with van der Waals surface area (Å²) in [6.45, 7) is 1.50. The van der Waals surface area contributed by atoms with Crippen molar-refractivity contribution < 1.29 is 28.7 Å². The summed E-state index contributed by atoms with van der Waals surface area (Å²) < 4.78 is 11.1. The second-order valence-corrected chi connectivity index (χ2v) is 8.71. The summed E-state index contributed by atoms with van der Waals surface area (Å²) in [5, 5.41) is 0. The molecular formula is C24H24N4O6. The molecular weight excluding hydrogens is 440 g/mol. The van der Waals surface area contributed by atoms with Crippen molar-refractivity contribution in [3.8, 4) is 0 Å². The summed E-state index contributed by atoms with van der Waals surface area (Å²) in [5.74, 6) is -1.96. The summed E-state index contributed by atoms with van der Waals surface area (Å²) >= 11 is 0. The minimum absolute atomic E-state index is 0.133. The number of amides is 2. The number of hydrogen-bond donors (Lipinski definition) is 2. The first-order chi connectivity index (χ1) is 16.2. The lowest BCUT2D eigenvalue weighted by molar-refractivity contribution is -0.151. The second-order valence-electron chi connectivity index (χ2n) is 8.71.